The highest BCUT2D eigenvalue weighted by Gasteiger charge is 2.20. The molecule has 2 aromatic heterocycles. The van der Waals surface area contributed by atoms with E-state index in [4.69, 9.17) is 4.98 Å². The van der Waals surface area contributed by atoms with Gasteiger partial charge in [0.1, 0.15) is 10.7 Å². The number of rotatable bonds is 9. The number of fused-ring (bicyclic) bond motifs is 3. The molecule has 1 N–H and O–H groups in total. The molecule has 1 aliphatic rings. The van der Waals surface area contributed by atoms with Gasteiger partial charge in [-0.1, -0.05) is 30.3 Å². The number of aromatic amines is 1. The van der Waals surface area contributed by atoms with Crippen molar-refractivity contribution >= 4 is 39.2 Å². The SMILES string of the molecule is CN(C)CCN(Cc1ccccc1)C(=O)CSCc1nc2sc3c(c2c(=O)[nH]1)CCCC3. The van der Waals surface area contributed by atoms with E-state index in [0.29, 0.717) is 30.4 Å². The number of aryl methyl sites for hydroxylation is 2. The van der Waals surface area contributed by atoms with Crippen LogP contribution in [-0.4, -0.2) is 58.6 Å². The molecule has 3 aromatic rings. The zero-order chi connectivity index (χ0) is 22.5. The molecule has 0 bridgehead atoms. The maximum atomic E-state index is 13.0. The molecule has 8 heteroatoms. The van der Waals surface area contributed by atoms with Crippen molar-refractivity contribution < 1.29 is 4.79 Å². The lowest BCUT2D eigenvalue weighted by molar-refractivity contribution is -0.129. The standard InChI is InChI=1S/C24H30N4O2S2/c1-27(2)12-13-28(14-17-8-4-3-5-9-17)21(29)16-31-15-20-25-23(30)22-18-10-6-7-11-19(18)32-24(22)26-20/h3-5,8-9H,6-7,10-16H2,1-2H3,(H,25,26,30). The minimum Gasteiger partial charge on any atom is -0.336 e. The maximum absolute atomic E-state index is 13.0. The number of thiophene rings is 1. The summed E-state index contributed by atoms with van der Waals surface area (Å²) in [5.74, 6) is 1.65. The Balaban J connectivity index is 1.39. The van der Waals surface area contributed by atoms with Crippen LogP contribution in [-0.2, 0) is 29.9 Å². The number of benzene rings is 1. The number of nitrogens with zero attached hydrogens (tertiary/aromatic N) is 3. The largest absolute Gasteiger partial charge is 0.336 e. The van der Waals surface area contributed by atoms with Crippen LogP contribution in [0, 0.1) is 0 Å². The molecule has 6 nitrogen and oxygen atoms in total. The third-order valence-electron chi connectivity index (χ3n) is 5.72. The number of thioether (sulfide) groups is 1. The van der Waals surface area contributed by atoms with Gasteiger partial charge >= 0.3 is 0 Å². The number of nitrogens with one attached hydrogen (secondary N) is 1. The first-order chi connectivity index (χ1) is 15.5. The topological polar surface area (TPSA) is 69.3 Å². The van der Waals surface area contributed by atoms with Crippen molar-refractivity contribution in [3.63, 3.8) is 0 Å². The van der Waals surface area contributed by atoms with Crippen molar-refractivity contribution in [2.45, 2.75) is 38.0 Å². The summed E-state index contributed by atoms with van der Waals surface area (Å²) >= 11 is 3.17. The fourth-order valence-electron chi connectivity index (χ4n) is 4.02. The van der Waals surface area contributed by atoms with Crippen LogP contribution in [0.1, 0.15) is 34.7 Å². The van der Waals surface area contributed by atoms with Gasteiger partial charge in [-0.3, -0.25) is 9.59 Å². The summed E-state index contributed by atoms with van der Waals surface area (Å²) in [5, 5.41) is 0.784. The Kier molecular flexibility index (Phi) is 7.65. The van der Waals surface area contributed by atoms with E-state index in [1.54, 1.807) is 11.3 Å². The maximum Gasteiger partial charge on any atom is 0.259 e. The Labute approximate surface area is 197 Å². The molecule has 0 fully saturated rings. The van der Waals surface area contributed by atoms with E-state index in [1.165, 1.54) is 28.6 Å². The van der Waals surface area contributed by atoms with Gasteiger partial charge in [0.15, 0.2) is 0 Å². The van der Waals surface area contributed by atoms with Gasteiger partial charge in [-0.25, -0.2) is 4.98 Å². The zero-order valence-electron chi connectivity index (χ0n) is 18.7. The Morgan fingerprint density at radius 1 is 1.16 bits per heavy atom. The summed E-state index contributed by atoms with van der Waals surface area (Å²) in [5.41, 5.74) is 2.30. The van der Waals surface area contributed by atoms with Crippen LogP contribution in [0.3, 0.4) is 0 Å². The summed E-state index contributed by atoms with van der Waals surface area (Å²) in [4.78, 5) is 39.5. The number of amides is 1. The predicted octanol–water partition coefficient (Wildman–Crippen LogP) is 3.69. The van der Waals surface area contributed by atoms with E-state index < -0.39 is 0 Å². The molecule has 0 atom stereocenters. The van der Waals surface area contributed by atoms with Crippen LogP contribution in [0.25, 0.3) is 10.2 Å². The minimum absolute atomic E-state index is 0.0342. The Morgan fingerprint density at radius 3 is 2.72 bits per heavy atom. The third-order valence-corrected chi connectivity index (χ3v) is 7.84. The number of likely N-dealkylation sites (N-methyl/N-ethyl adjacent to an activating group) is 1. The number of aromatic nitrogens is 2. The van der Waals surface area contributed by atoms with Crippen LogP contribution in [0.15, 0.2) is 35.1 Å². The first kappa shape index (κ1) is 23.0. The van der Waals surface area contributed by atoms with Gasteiger partial charge in [-0.05, 0) is 50.9 Å². The molecule has 0 unspecified atom stereocenters. The van der Waals surface area contributed by atoms with Crippen molar-refractivity contribution in [3.05, 3.63) is 62.5 Å². The van der Waals surface area contributed by atoms with E-state index in [1.807, 2.05) is 49.3 Å². The van der Waals surface area contributed by atoms with Crippen LogP contribution in [0.5, 0.6) is 0 Å². The lowest BCUT2D eigenvalue weighted by Crippen LogP contribution is -2.37. The molecule has 0 saturated heterocycles. The van der Waals surface area contributed by atoms with Crippen molar-refractivity contribution in [3.8, 4) is 0 Å². The molecule has 0 radical (unpaired) electrons. The summed E-state index contributed by atoms with van der Waals surface area (Å²) in [7, 11) is 4.03. The highest BCUT2D eigenvalue weighted by Crippen LogP contribution is 2.33. The van der Waals surface area contributed by atoms with Gasteiger partial charge in [-0.2, -0.15) is 0 Å². The van der Waals surface area contributed by atoms with E-state index in [9.17, 15) is 9.59 Å². The molecule has 170 valence electrons. The quantitative estimate of drug-likeness (QED) is 0.517. The average Bonchev–Trinajstić information content (AvgIpc) is 3.16. The summed E-state index contributed by atoms with van der Waals surface area (Å²) in [6, 6.07) is 10.1. The molecule has 1 aliphatic carbocycles. The van der Waals surface area contributed by atoms with Crippen molar-refractivity contribution in [1.82, 2.24) is 19.8 Å². The second-order valence-electron chi connectivity index (χ2n) is 8.50. The van der Waals surface area contributed by atoms with Crippen LogP contribution in [0.4, 0.5) is 0 Å². The van der Waals surface area contributed by atoms with Gasteiger partial charge in [0.05, 0.1) is 16.9 Å². The molecule has 32 heavy (non-hydrogen) atoms. The predicted molar refractivity (Wildman–Crippen MR) is 133 cm³/mol. The smallest absolute Gasteiger partial charge is 0.259 e. The fraction of sp³-hybridized carbons (Fsp3) is 0.458. The number of carbonyl (C=O) groups is 1. The summed E-state index contributed by atoms with van der Waals surface area (Å²) < 4.78 is 0. The van der Waals surface area contributed by atoms with Gasteiger partial charge in [0.25, 0.3) is 5.56 Å². The number of hydrogen-bond acceptors (Lipinski definition) is 6. The molecule has 1 amide bonds. The molecule has 2 heterocycles. The molecule has 0 spiro atoms. The third kappa shape index (κ3) is 5.60. The van der Waals surface area contributed by atoms with Gasteiger partial charge < -0.3 is 14.8 Å². The van der Waals surface area contributed by atoms with Crippen molar-refractivity contribution in [2.75, 3.05) is 32.9 Å². The fourth-order valence-corrected chi connectivity index (χ4v) is 6.09. The van der Waals surface area contributed by atoms with E-state index in [2.05, 4.69) is 9.88 Å². The van der Waals surface area contributed by atoms with E-state index in [-0.39, 0.29) is 11.5 Å². The highest BCUT2D eigenvalue weighted by atomic mass is 32.2. The van der Waals surface area contributed by atoms with Crippen LogP contribution in [0.2, 0.25) is 0 Å². The Bertz CT molecular complexity index is 1120. The molecule has 0 saturated carbocycles. The van der Waals surface area contributed by atoms with E-state index in [0.717, 1.165) is 41.6 Å². The number of H-pyrrole nitrogens is 1. The Morgan fingerprint density at radius 2 is 1.94 bits per heavy atom. The summed E-state index contributed by atoms with van der Waals surface area (Å²) in [6.45, 7) is 2.11. The zero-order valence-corrected chi connectivity index (χ0v) is 20.4. The van der Waals surface area contributed by atoms with E-state index >= 15 is 0 Å². The van der Waals surface area contributed by atoms with Crippen molar-refractivity contribution in [2.24, 2.45) is 0 Å². The van der Waals surface area contributed by atoms with Gasteiger partial charge in [0, 0.05) is 24.5 Å². The normalized spacial score (nSPS) is 13.5. The molecular weight excluding hydrogens is 440 g/mol. The number of hydrogen-bond donors (Lipinski definition) is 1. The molecule has 1 aromatic carbocycles. The monoisotopic (exact) mass is 470 g/mol. The molecule has 0 aliphatic heterocycles. The molecular formula is C24H30N4O2S2. The second kappa shape index (κ2) is 10.6. The first-order valence-electron chi connectivity index (χ1n) is 11.1. The van der Waals surface area contributed by atoms with Gasteiger partial charge in [0.2, 0.25) is 5.91 Å². The lowest BCUT2D eigenvalue weighted by atomic mass is 9.97. The van der Waals surface area contributed by atoms with Crippen LogP contribution < -0.4 is 5.56 Å². The lowest BCUT2D eigenvalue weighted by Gasteiger charge is -2.24. The second-order valence-corrected chi connectivity index (χ2v) is 10.6. The first-order valence-corrected chi connectivity index (χ1v) is 13.1. The summed E-state index contributed by atoms with van der Waals surface area (Å²) in [6.07, 6.45) is 4.37. The average molecular weight is 471 g/mol. The van der Waals surface area contributed by atoms with Crippen LogP contribution >= 0.6 is 23.1 Å². The minimum atomic E-state index is -0.0342. The van der Waals surface area contributed by atoms with Crippen molar-refractivity contribution in [1.29, 1.82) is 0 Å². The molecule has 4 rings (SSSR count). The Hall–Kier alpha value is -2.16. The highest BCUT2D eigenvalue weighted by molar-refractivity contribution is 7.99. The number of carbonyl (C=O) groups excluding carboxylic acids is 1. The van der Waals surface area contributed by atoms with Gasteiger partial charge in [-0.15, -0.1) is 23.1 Å².